The maximum atomic E-state index is 12.7. The van der Waals surface area contributed by atoms with Crippen LogP contribution in [0, 0.1) is 11.8 Å². The van der Waals surface area contributed by atoms with Crippen molar-refractivity contribution in [3.8, 4) is 11.8 Å². The quantitative estimate of drug-likeness (QED) is 0.362. The third kappa shape index (κ3) is 9.15. The zero-order valence-corrected chi connectivity index (χ0v) is 20.4. The van der Waals surface area contributed by atoms with Crippen molar-refractivity contribution in [3.05, 3.63) is 90.6 Å². The molecule has 35 heavy (non-hydrogen) atoms. The first kappa shape index (κ1) is 26.8. The summed E-state index contributed by atoms with van der Waals surface area (Å²) >= 11 is 0. The molecule has 1 heterocycles. The van der Waals surface area contributed by atoms with Crippen LogP contribution in [0.5, 0.6) is 0 Å². The summed E-state index contributed by atoms with van der Waals surface area (Å²) in [5.74, 6) is 5.72. The third-order valence-corrected chi connectivity index (χ3v) is 5.39. The first-order valence-corrected chi connectivity index (χ1v) is 12.0. The van der Waals surface area contributed by atoms with Crippen LogP contribution in [0.2, 0.25) is 0 Å². The smallest absolute Gasteiger partial charge is 0.261 e. The highest BCUT2D eigenvalue weighted by atomic mass is 32.2. The maximum Gasteiger partial charge on any atom is 0.261 e. The highest BCUT2D eigenvalue weighted by Crippen LogP contribution is 2.20. The number of aromatic nitrogens is 1. The number of carbonyl (C=O) groups is 2. The summed E-state index contributed by atoms with van der Waals surface area (Å²) in [4.78, 5) is 26.6. The number of anilines is 3. The zero-order valence-electron chi connectivity index (χ0n) is 19.6. The van der Waals surface area contributed by atoms with Crippen LogP contribution in [-0.2, 0) is 19.6 Å². The average molecular weight is 491 g/mol. The number of carbonyl (C=O) groups excluding carboxylic acids is 2. The fourth-order valence-electron chi connectivity index (χ4n) is 2.69. The van der Waals surface area contributed by atoms with Crippen LogP contribution >= 0.6 is 0 Å². The van der Waals surface area contributed by atoms with Crippen LogP contribution in [0.25, 0.3) is 0 Å². The van der Waals surface area contributed by atoms with Gasteiger partial charge in [-0.25, -0.2) is 13.4 Å². The fraction of sp³-hybridized carbons (Fsp3) is 0.115. The van der Waals surface area contributed by atoms with Gasteiger partial charge in [0.05, 0.1) is 10.6 Å². The number of sulfonamides is 1. The molecule has 3 aromatic rings. The molecular weight excluding hydrogens is 464 g/mol. The summed E-state index contributed by atoms with van der Waals surface area (Å²) in [7, 11) is -3.82. The van der Waals surface area contributed by atoms with Crippen molar-refractivity contribution < 1.29 is 18.0 Å². The molecule has 0 saturated heterocycles. The molecule has 0 unspecified atom stereocenters. The van der Waals surface area contributed by atoms with Gasteiger partial charge >= 0.3 is 0 Å². The van der Waals surface area contributed by atoms with E-state index in [1.54, 1.807) is 54.6 Å². The molecule has 0 fully saturated rings. The lowest BCUT2D eigenvalue weighted by atomic mass is 10.2. The number of hydrogen-bond donors (Lipinski definition) is 3. The molecule has 0 spiro atoms. The lowest BCUT2D eigenvalue weighted by molar-refractivity contribution is -0.115. The van der Waals surface area contributed by atoms with Gasteiger partial charge in [-0.2, -0.15) is 0 Å². The monoisotopic (exact) mass is 490 g/mol. The lowest BCUT2D eigenvalue weighted by Crippen LogP contribution is -2.13. The van der Waals surface area contributed by atoms with Gasteiger partial charge in [0.25, 0.3) is 10.0 Å². The molecule has 180 valence electrons. The lowest BCUT2D eigenvalue weighted by Gasteiger charge is -2.10. The van der Waals surface area contributed by atoms with Gasteiger partial charge in [-0.05, 0) is 67.4 Å². The fourth-order valence-corrected chi connectivity index (χ4v) is 3.74. The van der Waals surface area contributed by atoms with E-state index in [2.05, 4.69) is 38.8 Å². The van der Waals surface area contributed by atoms with E-state index < -0.39 is 10.0 Å². The molecule has 0 bridgehead atoms. The van der Waals surface area contributed by atoms with E-state index in [9.17, 15) is 18.0 Å². The van der Waals surface area contributed by atoms with Crippen LogP contribution < -0.4 is 15.4 Å². The maximum absolute atomic E-state index is 12.7. The highest BCUT2D eigenvalue weighted by molar-refractivity contribution is 7.92. The van der Waals surface area contributed by atoms with Gasteiger partial charge in [0, 0.05) is 25.1 Å². The summed E-state index contributed by atoms with van der Waals surface area (Å²) < 4.78 is 27.8. The first-order chi connectivity index (χ1) is 16.6. The highest BCUT2D eigenvalue weighted by Gasteiger charge is 2.14. The van der Waals surface area contributed by atoms with Gasteiger partial charge < -0.3 is 10.6 Å². The van der Waals surface area contributed by atoms with Crippen molar-refractivity contribution in [2.24, 2.45) is 0 Å². The van der Waals surface area contributed by atoms with Gasteiger partial charge in [0.1, 0.15) is 11.5 Å². The molecule has 0 atom stereocenters. The number of allylic oxidation sites excluding steroid dienone is 1. The van der Waals surface area contributed by atoms with Crippen molar-refractivity contribution in [2.45, 2.75) is 25.7 Å². The molecule has 8 nitrogen and oxygen atoms in total. The molecule has 0 radical (unpaired) electrons. The summed E-state index contributed by atoms with van der Waals surface area (Å²) in [5.41, 5.74) is 1.88. The topological polar surface area (TPSA) is 117 Å². The largest absolute Gasteiger partial charge is 0.326 e. The number of amides is 2. The van der Waals surface area contributed by atoms with Crippen molar-refractivity contribution >= 4 is 39.0 Å². The Morgan fingerprint density at radius 1 is 0.886 bits per heavy atom. The molecule has 0 aliphatic carbocycles. The van der Waals surface area contributed by atoms with Crippen molar-refractivity contribution in [2.75, 3.05) is 15.4 Å². The Bertz CT molecular complexity index is 1370. The number of pyridine rings is 1. The Hall–Kier alpha value is -4.42. The summed E-state index contributed by atoms with van der Waals surface area (Å²) in [6.45, 7) is 8.02. The Labute approximate surface area is 205 Å². The average Bonchev–Trinajstić information content (AvgIpc) is 2.78. The van der Waals surface area contributed by atoms with E-state index in [0.29, 0.717) is 28.5 Å². The number of rotatable bonds is 5. The van der Waals surface area contributed by atoms with Gasteiger partial charge in [0.15, 0.2) is 0 Å². The molecule has 0 saturated carbocycles. The number of benzene rings is 2. The molecule has 3 rings (SSSR count). The van der Waals surface area contributed by atoms with E-state index in [1.807, 2.05) is 6.92 Å². The standard InChI is InChI=1S/C23H20N4O4S.C3H6/c1-16(28)24-20-6-3-7-21(15-20)27-32(30,31)22-13-10-18(11-14-22)9-12-19-5-4-8-23(26-19)25-17(2)29;1-3-2/h3-8,10-11,13-15,27H,1-2H3,(H,24,28)(H,25,26,29);3H,1H2,2H3. The predicted molar refractivity (Wildman–Crippen MR) is 138 cm³/mol. The second-order valence-corrected chi connectivity index (χ2v) is 8.82. The second-order valence-electron chi connectivity index (χ2n) is 7.14. The van der Waals surface area contributed by atoms with Crippen LogP contribution in [-0.4, -0.2) is 25.2 Å². The first-order valence-electron chi connectivity index (χ1n) is 10.5. The molecule has 2 aromatic carbocycles. The van der Waals surface area contributed by atoms with Gasteiger partial charge in [0.2, 0.25) is 11.8 Å². The Kier molecular flexibility index (Phi) is 9.75. The Morgan fingerprint density at radius 2 is 1.49 bits per heavy atom. The van der Waals surface area contributed by atoms with Gasteiger partial charge in [-0.15, -0.1) is 6.58 Å². The van der Waals surface area contributed by atoms with Gasteiger partial charge in [-0.3, -0.25) is 14.3 Å². The van der Waals surface area contributed by atoms with E-state index in [1.165, 1.54) is 32.0 Å². The second kappa shape index (κ2) is 12.7. The molecule has 3 N–H and O–H groups in total. The number of nitrogens with one attached hydrogen (secondary N) is 3. The minimum atomic E-state index is -3.82. The Balaban J connectivity index is 0.00000137. The van der Waals surface area contributed by atoms with Gasteiger partial charge in [-0.1, -0.05) is 24.1 Å². The summed E-state index contributed by atoms with van der Waals surface area (Å²) in [6.07, 6.45) is 1.75. The summed E-state index contributed by atoms with van der Waals surface area (Å²) in [6, 6.07) is 17.6. The minimum absolute atomic E-state index is 0.0683. The van der Waals surface area contributed by atoms with Crippen LogP contribution in [0.4, 0.5) is 17.2 Å². The normalized spacial score (nSPS) is 9.91. The molecule has 1 aromatic heterocycles. The molecule has 9 heteroatoms. The molecule has 0 aliphatic heterocycles. The third-order valence-electron chi connectivity index (χ3n) is 3.99. The van der Waals surface area contributed by atoms with Crippen LogP contribution in [0.15, 0.2) is 84.3 Å². The molecule has 2 amide bonds. The number of nitrogens with zero attached hydrogens (tertiary/aromatic N) is 1. The van der Waals surface area contributed by atoms with E-state index in [4.69, 9.17) is 0 Å². The molecule has 0 aliphatic rings. The minimum Gasteiger partial charge on any atom is -0.326 e. The van der Waals surface area contributed by atoms with Crippen molar-refractivity contribution in [1.29, 1.82) is 0 Å². The van der Waals surface area contributed by atoms with Crippen molar-refractivity contribution in [1.82, 2.24) is 4.98 Å². The Morgan fingerprint density at radius 3 is 2.11 bits per heavy atom. The van der Waals surface area contributed by atoms with Crippen molar-refractivity contribution in [3.63, 3.8) is 0 Å². The van der Waals surface area contributed by atoms with E-state index >= 15 is 0 Å². The predicted octanol–water partition coefficient (Wildman–Crippen LogP) is 4.39. The SMILES string of the molecule is C=CC.CC(=O)Nc1cccc(NS(=O)(=O)c2ccc(C#Cc3cccc(NC(C)=O)n3)cc2)c1. The van der Waals surface area contributed by atoms with Crippen LogP contribution in [0.1, 0.15) is 32.0 Å². The van der Waals surface area contributed by atoms with E-state index in [0.717, 1.165) is 0 Å². The van der Waals surface area contributed by atoms with Crippen LogP contribution in [0.3, 0.4) is 0 Å². The molecular formula is C26H26N4O4S. The van der Waals surface area contributed by atoms with E-state index in [-0.39, 0.29) is 16.7 Å². The summed E-state index contributed by atoms with van der Waals surface area (Å²) in [5, 5.41) is 5.19. The zero-order chi connectivity index (χ0) is 25.8. The number of hydrogen-bond acceptors (Lipinski definition) is 5.